The summed E-state index contributed by atoms with van der Waals surface area (Å²) in [6.45, 7) is 2.32. The van der Waals surface area contributed by atoms with Crippen LogP contribution in [0, 0.1) is 0 Å². The molecule has 1 aliphatic carbocycles. The van der Waals surface area contributed by atoms with E-state index in [9.17, 15) is 10.0 Å². The van der Waals surface area contributed by atoms with E-state index in [-0.39, 0.29) is 11.8 Å². The van der Waals surface area contributed by atoms with Crippen molar-refractivity contribution in [2.45, 2.75) is 28.7 Å². The second-order valence-corrected chi connectivity index (χ2v) is 10.9. The molecule has 1 N–H and O–H groups in total. The van der Waals surface area contributed by atoms with Gasteiger partial charge in [0, 0.05) is 30.8 Å². The van der Waals surface area contributed by atoms with Gasteiger partial charge < -0.3 is 19.6 Å². The van der Waals surface area contributed by atoms with Crippen molar-refractivity contribution in [3.8, 4) is 5.75 Å². The van der Waals surface area contributed by atoms with Crippen LogP contribution in [0.25, 0.3) is 0 Å². The average Bonchev–Trinajstić information content (AvgIpc) is 3.30. The molecule has 1 aliphatic heterocycles. The Labute approximate surface area is 213 Å². The van der Waals surface area contributed by atoms with Crippen LogP contribution < -0.4 is 4.74 Å². The number of nitrogens with zero attached hydrogens (tertiary/aromatic N) is 2. The molecule has 0 bridgehead atoms. The maximum Gasteiger partial charge on any atom is 0.264 e. The summed E-state index contributed by atoms with van der Waals surface area (Å²) >= 11 is 3.25. The number of benzene rings is 2. The molecule has 1 aromatic heterocycles. The van der Waals surface area contributed by atoms with Crippen molar-refractivity contribution < 1.29 is 19.5 Å². The molecule has 0 radical (unpaired) electrons. The van der Waals surface area contributed by atoms with Gasteiger partial charge in [0.1, 0.15) is 5.75 Å². The number of thioether (sulfide) groups is 1. The van der Waals surface area contributed by atoms with Gasteiger partial charge in [-0.2, -0.15) is 0 Å². The van der Waals surface area contributed by atoms with E-state index in [1.54, 1.807) is 18.9 Å². The first-order valence-corrected chi connectivity index (χ1v) is 13.5. The Kier molecular flexibility index (Phi) is 7.41. The molecule has 1 saturated heterocycles. The molecule has 3 aromatic rings. The molecule has 0 spiro atoms. The highest BCUT2D eigenvalue weighted by atomic mass is 32.2. The summed E-state index contributed by atoms with van der Waals surface area (Å²) < 4.78 is 11.8. The fourth-order valence-electron chi connectivity index (χ4n) is 4.69. The van der Waals surface area contributed by atoms with Crippen molar-refractivity contribution in [3.05, 3.63) is 81.7 Å². The van der Waals surface area contributed by atoms with E-state index >= 15 is 0 Å². The van der Waals surface area contributed by atoms with Crippen LogP contribution in [-0.2, 0) is 16.9 Å². The molecule has 1 fully saturated rings. The van der Waals surface area contributed by atoms with Gasteiger partial charge in [0.2, 0.25) is 0 Å². The first-order chi connectivity index (χ1) is 17.2. The molecule has 1 amide bonds. The number of hydrogen-bond acceptors (Lipinski definition) is 7. The number of fused-ring (bicyclic) bond motifs is 1. The van der Waals surface area contributed by atoms with E-state index in [0.717, 1.165) is 43.7 Å². The van der Waals surface area contributed by atoms with Crippen molar-refractivity contribution >= 4 is 34.7 Å². The summed E-state index contributed by atoms with van der Waals surface area (Å²) in [6, 6.07) is 18.3. The number of carbonyl (C=O) groups excluding carboxylic acids is 1. The molecule has 2 heterocycles. The van der Waals surface area contributed by atoms with Crippen LogP contribution in [0.2, 0.25) is 0 Å². The average molecular weight is 509 g/mol. The highest BCUT2D eigenvalue weighted by Gasteiger charge is 2.35. The van der Waals surface area contributed by atoms with E-state index in [4.69, 9.17) is 9.47 Å². The van der Waals surface area contributed by atoms with Crippen LogP contribution in [0.15, 0.2) is 64.0 Å². The quantitative estimate of drug-likeness (QED) is 0.273. The molecule has 2 aliphatic rings. The van der Waals surface area contributed by atoms with Crippen LogP contribution >= 0.6 is 23.1 Å². The predicted molar refractivity (Wildman–Crippen MR) is 139 cm³/mol. The molecule has 1 atom stereocenters. The number of carbonyl (C=O) groups is 1. The van der Waals surface area contributed by atoms with Crippen LogP contribution in [0.3, 0.4) is 0 Å². The summed E-state index contributed by atoms with van der Waals surface area (Å²) in [7, 11) is 1.65. The Hall–Kier alpha value is -2.81. The van der Waals surface area contributed by atoms with Crippen LogP contribution in [0.1, 0.15) is 44.3 Å². The van der Waals surface area contributed by atoms with Gasteiger partial charge in [-0.3, -0.25) is 4.79 Å². The normalized spacial score (nSPS) is 18.9. The minimum absolute atomic E-state index is 0.0498. The molecule has 1 unspecified atom stereocenters. The summed E-state index contributed by atoms with van der Waals surface area (Å²) in [5.74, 6) is 1.77. The van der Waals surface area contributed by atoms with Crippen LogP contribution in [0.5, 0.6) is 5.75 Å². The number of thiophene rings is 1. The number of ether oxygens (including phenoxy) is 2. The lowest BCUT2D eigenvalue weighted by molar-refractivity contribution is 0.0305. The summed E-state index contributed by atoms with van der Waals surface area (Å²) in [5.41, 5.74) is 4.96. The highest BCUT2D eigenvalue weighted by molar-refractivity contribution is 8.00. The third kappa shape index (κ3) is 5.10. The van der Waals surface area contributed by atoms with Gasteiger partial charge in [-0.15, -0.1) is 23.1 Å². The predicted octanol–water partition coefficient (Wildman–Crippen LogP) is 5.43. The Bertz CT molecular complexity index is 1200. The fourth-order valence-corrected chi connectivity index (χ4v) is 7.28. The Morgan fingerprint density at radius 3 is 2.57 bits per heavy atom. The maximum absolute atomic E-state index is 13.6. The molecule has 182 valence electrons. The molecule has 35 heavy (non-hydrogen) atoms. The van der Waals surface area contributed by atoms with Gasteiger partial charge in [-0.05, 0) is 41.2 Å². The Morgan fingerprint density at radius 2 is 1.89 bits per heavy atom. The van der Waals surface area contributed by atoms with Crippen molar-refractivity contribution in [3.63, 3.8) is 0 Å². The van der Waals surface area contributed by atoms with Gasteiger partial charge in [0.25, 0.3) is 5.91 Å². The van der Waals surface area contributed by atoms with Gasteiger partial charge >= 0.3 is 0 Å². The SMILES string of the molecule is COc1ccc(C2CC(=NO)c3c(SCc4ccccc4)sc(C(=O)N4CCOCC4)c3C2)cc1. The van der Waals surface area contributed by atoms with Crippen molar-refractivity contribution in [2.24, 2.45) is 5.16 Å². The minimum atomic E-state index is 0.0498. The summed E-state index contributed by atoms with van der Waals surface area (Å²) in [5, 5.41) is 13.8. The number of morpholine rings is 1. The highest BCUT2D eigenvalue weighted by Crippen LogP contribution is 2.45. The molecule has 6 nitrogen and oxygen atoms in total. The third-order valence-corrected chi connectivity index (χ3v) is 9.13. The third-order valence-electron chi connectivity index (χ3n) is 6.57. The van der Waals surface area contributed by atoms with E-state index in [0.29, 0.717) is 38.4 Å². The van der Waals surface area contributed by atoms with Crippen molar-refractivity contribution in [2.75, 3.05) is 33.4 Å². The maximum atomic E-state index is 13.6. The van der Waals surface area contributed by atoms with E-state index in [2.05, 4.69) is 29.4 Å². The van der Waals surface area contributed by atoms with Gasteiger partial charge in [0.15, 0.2) is 0 Å². The fraction of sp³-hybridized carbons (Fsp3) is 0.333. The number of hydrogen-bond donors (Lipinski definition) is 1. The van der Waals surface area contributed by atoms with E-state index in [1.165, 1.54) is 16.9 Å². The number of oxime groups is 1. The lowest BCUT2D eigenvalue weighted by atomic mass is 9.79. The Morgan fingerprint density at radius 1 is 1.14 bits per heavy atom. The topological polar surface area (TPSA) is 71.4 Å². The molecule has 2 aromatic carbocycles. The molecule has 0 saturated carbocycles. The summed E-state index contributed by atoms with van der Waals surface area (Å²) in [6.07, 6.45) is 1.35. The second-order valence-electron chi connectivity index (χ2n) is 8.68. The van der Waals surface area contributed by atoms with Crippen LogP contribution in [0.4, 0.5) is 0 Å². The van der Waals surface area contributed by atoms with Crippen molar-refractivity contribution in [1.29, 1.82) is 0 Å². The smallest absolute Gasteiger partial charge is 0.264 e. The number of rotatable bonds is 6. The van der Waals surface area contributed by atoms with E-state index in [1.807, 2.05) is 35.2 Å². The largest absolute Gasteiger partial charge is 0.497 e. The van der Waals surface area contributed by atoms with Gasteiger partial charge in [-0.25, -0.2) is 0 Å². The first-order valence-electron chi connectivity index (χ1n) is 11.7. The standard InChI is InChI=1S/C27H28N2O4S2/c1-32-21-9-7-19(8-10-21)20-15-22-24(23(16-20)28-31)27(34-17-18-5-3-2-4-6-18)35-25(22)26(30)29-11-13-33-14-12-29/h2-10,20,31H,11-17H2,1H3. The zero-order valence-corrected chi connectivity index (χ0v) is 21.2. The molecule has 8 heteroatoms. The second kappa shape index (κ2) is 10.8. The number of amides is 1. The Balaban J connectivity index is 1.51. The lowest BCUT2D eigenvalue weighted by Crippen LogP contribution is -2.40. The van der Waals surface area contributed by atoms with Crippen molar-refractivity contribution in [1.82, 2.24) is 4.90 Å². The van der Waals surface area contributed by atoms with Gasteiger partial charge in [-0.1, -0.05) is 47.6 Å². The zero-order valence-electron chi connectivity index (χ0n) is 19.6. The molecule has 5 rings (SSSR count). The van der Waals surface area contributed by atoms with Crippen LogP contribution in [-0.4, -0.2) is 55.1 Å². The monoisotopic (exact) mass is 508 g/mol. The van der Waals surface area contributed by atoms with E-state index < -0.39 is 0 Å². The first kappa shape index (κ1) is 23.9. The zero-order chi connectivity index (χ0) is 24.2. The summed E-state index contributed by atoms with van der Waals surface area (Å²) in [4.78, 5) is 16.3. The minimum Gasteiger partial charge on any atom is -0.497 e. The van der Waals surface area contributed by atoms with Gasteiger partial charge in [0.05, 0.1) is 35.1 Å². The molecular weight excluding hydrogens is 480 g/mol. The molecular formula is C27H28N2O4S2. The number of methoxy groups -OCH3 is 1. The lowest BCUT2D eigenvalue weighted by Gasteiger charge is -2.28.